The van der Waals surface area contributed by atoms with Crippen LogP contribution in [0.5, 0.6) is 0 Å². The fourth-order valence-electron chi connectivity index (χ4n) is 3.81. The Morgan fingerprint density at radius 3 is 2.11 bits per heavy atom. The van der Waals surface area contributed by atoms with E-state index < -0.39 is 29.7 Å². The van der Waals surface area contributed by atoms with Crippen molar-refractivity contribution in [3.63, 3.8) is 0 Å². The molecule has 0 aliphatic heterocycles. The second-order valence-corrected chi connectivity index (χ2v) is 6.64. The Bertz CT molecular complexity index is 1020. The summed E-state index contributed by atoms with van der Waals surface area (Å²) < 4.78 is 18.5. The van der Waals surface area contributed by atoms with Gasteiger partial charge in [-0.25, -0.2) is 9.18 Å². The lowest BCUT2D eigenvalue weighted by molar-refractivity contribution is -0.143. The maximum atomic E-state index is 13.5. The molecule has 0 aromatic heterocycles. The summed E-state index contributed by atoms with van der Waals surface area (Å²) >= 11 is 0. The number of nitrogens with one attached hydrogen (secondary N) is 1. The van der Waals surface area contributed by atoms with E-state index in [9.17, 15) is 14.0 Å². The molecule has 0 saturated heterocycles. The standard InChI is InChI=1S/C23H18FNO3/c1-28-23(27)21(25-22(26)14-7-6-8-15(24)13-14)20-18-11-4-2-9-16(18)17-10-3-5-12-19(17)20/h2-13,20-21H,1H3,(H,25,26)/t21-/m1/s1. The largest absolute Gasteiger partial charge is 0.467 e. The molecule has 0 heterocycles. The topological polar surface area (TPSA) is 55.4 Å². The molecule has 5 heteroatoms. The summed E-state index contributed by atoms with van der Waals surface area (Å²) in [4.78, 5) is 25.4. The lowest BCUT2D eigenvalue weighted by atomic mass is 9.89. The van der Waals surface area contributed by atoms with Crippen LogP contribution in [-0.4, -0.2) is 25.0 Å². The fraction of sp³-hybridized carbons (Fsp3) is 0.130. The van der Waals surface area contributed by atoms with Gasteiger partial charge in [0.25, 0.3) is 5.91 Å². The summed E-state index contributed by atoms with van der Waals surface area (Å²) in [6.45, 7) is 0. The number of ether oxygens (including phenoxy) is 1. The number of halogens is 1. The van der Waals surface area contributed by atoms with Crippen molar-refractivity contribution in [2.24, 2.45) is 0 Å². The number of carbonyl (C=O) groups is 2. The van der Waals surface area contributed by atoms with Gasteiger partial charge in [-0.15, -0.1) is 0 Å². The van der Waals surface area contributed by atoms with E-state index in [1.54, 1.807) is 0 Å². The molecule has 1 atom stereocenters. The van der Waals surface area contributed by atoms with E-state index in [0.29, 0.717) is 0 Å². The minimum atomic E-state index is -0.939. The lowest BCUT2D eigenvalue weighted by Crippen LogP contribution is -2.45. The van der Waals surface area contributed by atoms with E-state index in [4.69, 9.17) is 4.74 Å². The number of hydrogen-bond donors (Lipinski definition) is 1. The van der Waals surface area contributed by atoms with Crippen molar-refractivity contribution in [3.8, 4) is 11.1 Å². The second-order valence-electron chi connectivity index (χ2n) is 6.64. The summed E-state index contributed by atoms with van der Waals surface area (Å²) in [6.07, 6.45) is 0. The van der Waals surface area contributed by atoms with E-state index in [1.807, 2.05) is 48.5 Å². The average molecular weight is 375 g/mol. The van der Waals surface area contributed by atoms with Crippen molar-refractivity contribution in [2.75, 3.05) is 7.11 Å². The van der Waals surface area contributed by atoms with Crippen molar-refractivity contribution >= 4 is 11.9 Å². The number of carbonyl (C=O) groups excluding carboxylic acids is 2. The molecule has 0 bridgehead atoms. The van der Waals surface area contributed by atoms with Gasteiger partial charge in [0, 0.05) is 11.5 Å². The number of fused-ring (bicyclic) bond motifs is 3. The number of amides is 1. The molecule has 0 spiro atoms. The minimum absolute atomic E-state index is 0.147. The Morgan fingerprint density at radius 2 is 1.54 bits per heavy atom. The Labute approximate surface area is 162 Å². The summed E-state index contributed by atoms with van der Waals surface area (Å²) in [5.41, 5.74) is 4.08. The Hall–Kier alpha value is -3.47. The molecule has 0 radical (unpaired) electrons. The SMILES string of the molecule is COC(=O)[C@H](NC(=O)c1cccc(F)c1)C1c2ccccc2-c2ccccc21. The third-order valence-electron chi connectivity index (χ3n) is 5.04. The molecule has 4 rings (SSSR count). The molecule has 3 aromatic rings. The van der Waals surface area contributed by atoms with Crippen LogP contribution in [0.4, 0.5) is 4.39 Å². The van der Waals surface area contributed by atoms with Crippen molar-refractivity contribution in [3.05, 3.63) is 95.3 Å². The highest BCUT2D eigenvalue weighted by Gasteiger charge is 2.39. The highest BCUT2D eigenvalue weighted by molar-refractivity contribution is 5.98. The molecule has 1 aliphatic carbocycles. The highest BCUT2D eigenvalue weighted by atomic mass is 19.1. The van der Waals surface area contributed by atoms with Gasteiger partial charge in [-0.05, 0) is 40.5 Å². The van der Waals surface area contributed by atoms with Crippen LogP contribution in [-0.2, 0) is 9.53 Å². The van der Waals surface area contributed by atoms with Crippen molar-refractivity contribution in [1.82, 2.24) is 5.32 Å². The fourth-order valence-corrected chi connectivity index (χ4v) is 3.81. The predicted octanol–water partition coefficient (Wildman–Crippen LogP) is 3.91. The monoisotopic (exact) mass is 375 g/mol. The van der Waals surface area contributed by atoms with Gasteiger partial charge in [0.1, 0.15) is 11.9 Å². The van der Waals surface area contributed by atoms with Gasteiger partial charge in [-0.1, -0.05) is 54.6 Å². The van der Waals surface area contributed by atoms with E-state index in [2.05, 4.69) is 5.32 Å². The molecule has 28 heavy (non-hydrogen) atoms. The first-order valence-electron chi connectivity index (χ1n) is 8.92. The number of rotatable bonds is 4. The first kappa shape index (κ1) is 17.9. The first-order valence-corrected chi connectivity index (χ1v) is 8.92. The zero-order chi connectivity index (χ0) is 19.7. The molecule has 1 N–H and O–H groups in total. The molecule has 0 unspecified atom stereocenters. The van der Waals surface area contributed by atoms with Gasteiger partial charge in [0.05, 0.1) is 7.11 Å². The maximum Gasteiger partial charge on any atom is 0.329 e. The average Bonchev–Trinajstić information content (AvgIpc) is 3.06. The molecule has 0 saturated carbocycles. The number of hydrogen-bond acceptors (Lipinski definition) is 3. The molecule has 140 valence electrons. The van der Waals surface area contributed by atoms with Crippen molar-refractivity contribution in [2.45, 2.75) is 12.0 Å². The summed E-state index contributed by atoms with van der Waals surface area (Å²) in [5, 5.41) is 2.75. The van der Waals surface area contributed by atoms with E-state index in [1.165, 1.54) is 25.3 Å². The maximum absolute atomic E-state index is 13.5. The van der Waals surface area contributed by atoms with Crippen LogP contribution < -0.4 is 5.32 Å². The van der Waals surface area contributed by atoms with Gasteiger partial charge >= 0.3 is 5.97 Å². The molecule has 1 aliphatic rings. The Balaban J connectivity index is 1.76. The molecule has 4 nitrogen and oxygen atoms in total. The lowest BCUT2D eigenvalue weighted by Gasteiger charge is -2.24. The van der Waals surface area contributed by atoms with Crippen molar-refractivity contribution in [1.29, 1.82) is 0 Å². The molecule has 0 fully saturated rings. The van der Waals surface area contributed by atoms with Gasteiger partial charge in [0.15, 0.2) is 0 Å². The smallest absolute Gasteiger partial charge is 0.329 e. The molecular formula is C23H18FNO3. The van der Waals surface area contributed by atoms with Crippen LogP contribution in [0.25, 0.3) is 11.1 Å². The highest BCUT2D eigenvalue weighted by Crippen LogP contribution is 2.46. The third kappa shape index (κ3) is 3.05. The van der Waals surface area contributed by atoms with Gasteiger partial charge < -0.3 is 10.1 Å². The van der Waals surface area contributed by atoms with Gasteiger partial charge in [-0.3, -0.25) is 4.79 Å². The van der Waals surface area contributed by atoms with Gasteiger partial charge in [0.2, 0.25) is 0 Å². The molecule has 1 amide bonds. The Kier molecular flexibility index (Phi) is 4.65. The van der Waals surface area contributed by atoms with Crippen LogP contribution in [0.1, 0.15) is 27.4 Å². The van der Waals surface area contributed by atoms with Crippen LogP contribution >= 0.6 is 0 Å². The van der Waals surface area contributed by atoms with Crippen LogP contribution in [0.3, 0.4) is 0 Å². The van der Waals surface area contributed by atoms with E-state index in [-0.39, 0.29) is 5.56 Å². The Morgan fingerprint density at radius 1 is 0.929 bits per heavy atom. The molecular weight excluding hydrogens is 357 g/mol. The van der Waals surface area contributed by atoms with E-state index in [0.717, 1.165) is 28.3 Å². The van der Waals surface area contributed by atoms with E-state index >= 15 is 0 Å². The van der Waals surface area contributed by atoms with Crippen molar-refractivity contribution < 1.29 is 18.7 Å². The van der Waals surface area contributed by atoms with Crippen LogP contribution in [0.15, 0.2) is 72.8 Å². The van der Waals surface area contributed by atoms with Crippen LogP contribution in [0, 0.1) is 5.82 Å². The quantitative estimate of drug-likeness (QED) is 0.704. The minimum Gasteiger partial charge on any atom is -0.467 e. The zero-order valence-corrected chi connectivity index (χ0v) is 15.2. The predicted molar refractivity (Wildman–Crippen MR) is 103 cm³/mol. The molecule has 3 aromatic carbocycles. The summed E-state index contributed by atoms with van der Waals surface area (Å²) in [6, 6.07) is 20.0. The van der Waals surface area contributed by atoms with Gasteiger partial charge in [-0.2, -0.15) is 0 Å². The normalized spacial score (nSPS) is 13.4. The number of benzene rings is 3. The summed E-state index contributed by atoms with van der Waals surface area (Å²) in [5.74, 6) is -1.99. The summed E-state index contributed by atoms with van der Waals surface area (Å²) in [7, 11) is 1.29. The van der Waals surface area contributed by atoms with Crippen LogP contribution in [0.2, 0.25) is 0 Å². The number of methoxy groups -OCH3 is 1. The zero-order valence-electron chi connectivity index (χ0n) is 15.2. The first-order chi connectivity index (χ1) is 13.6. The third-order valence-corrected chi connectivity index (χ3v) is 5.04. The second kappa shape index (κ2) is 7.27. The number of esters is 1.